The zero-order valence-electron chi connectivity index (χ0n) is 12.9. The molecule has 4 aliphatic rings. The van der Waals surface area contributed by atoms with Crippen LogP contribution < -0.4 is 4.74 Å². The lowest BCUT2D eigenvalue weighted by atomic mass is 9.49. The Bertz CT molecular complexity index is 760. The quantitative estimate of drug-likeness (QED) is 0.544. The summed E-state index contributed by atoms with van der Waals surface area (Å²) in [5.74, 6) is 0.298. The zero-order chi connectivity index (χ0) is 16.2. The molecule has 0 radical (unpaired) electrons. The Balaban J connectivity index is 1.88. The van der Waals surface area contributed by atoms with E-state index in [0.717, 1.165) is 11.1 Å². The molecule has 2 bridgehead atoms. The lowest BCUT2D eigenvalue weighted by molar-refractivity contribution is -0.904. The molecule has 1 saturated carbocycles. The second kappa shape index (κ2) is 3.71. The predicted octanol–water partition coefficient (Wildman–Crippen LogP) is 0.758. The molecule has 2 fully saturated rings. The molecule has 0 amide bonds. The van der Waals surface area contributed by atoms with Crippen LogP contribution in [0.25, 0.3) is 0 Å². The highest BCUT2D eigenvalue weighted by Gasteiger charge is 2.75. The Morgan fingerprint density at radius 1 is 1.39 bits per heavy atom. The van der Waals surface area contributed by atoms with Crippen LogP contribution in [0.5, 0.6) is 11.5 Å². The topological polar surface area (TPSA) is 89.8 Å². The monoisotopic (exact) mass is 317 g/mol. The second-order valence-electron chi connectivity index (χ2n) is 7.68. The van der Waals surface area contributed by atoms with Gasteiger partial charge in [0.15, 0.2) is 23.4 Å². The first kappa shape index (κ1) is 13.8. The molecule has 0 aromatic heterocycles. The molecule has 2 aliphatic heterocycles. The van der Waals surface area contributed by atoms with Gasteiger partial charge in [0.2, 0.25) is 0 Å². The van der Waals surface area contributed by atoms with Crippen LogP contribution in [0, 0.1) is 5.21 Å². The third kappa shape index (κ3) is 1.28. The smallest absolute Gasteiger partial charge is 0.174 e. The summed E-state index contributed by atoms with van der Waals surface area (Å²) in [5.41, 5.74) is -0.443. The van der Waals surface area contributed by atoms with Crippen LogP contribution in [-0.4, -0.2) is 52.0 Å². The molecule has 1 spiro atoms. The summed E-state index contributed by atoms with van der Waals surface area (Å²) in [6, 6.07) is 2.86. The van der Waals surface area contributed by atoms with Crippen LogP contribution >= 0.6 is 0 Å². The first-order valence-corrected chi connectivity index (χ1v) is 8.14. The molecule has 5 atom stereocenters. The molecule has 6 nitrogen and oxygen atoms in total. The van der Waals surface area contributed by atoms with Crippen LogP contribution in [0.4, 0.5) is 0 Å². The summed E-state index contributed by atoms with van der Waals surface area (Å²) in [4.78, 5) is 12.5. The van der Waals surface area contributed by atoms with Gasteiger partial charge in [-0.2, -0.15) is 0 Å². The van der Waals surface area contributed by atoms with Gasteiger partial charge in [-0.3, -0.25) is 4.79 Å². The standard InChI is InChI=1S/C17H19NO5/c1-18(22)7-6-16-13-9-2-3-10(19)14(13)23-15(16)11(20)4-5-17(16,21)12(18)8-9/h2-3,12,15,19,21H,4-8H2,1H3/t12-,15+,16+,17?,18?/m1/s1. The van der Waals surface area contributed by atoms with Gasteiger partial charge in [-0.25, -0.2) is 0 Å². The number of ketones is 1. The van der Waals surface area contributed by atoms with Crippen LogP contribution in [0.1, 0.15) is 30.4 Å². The van der Waals surface area contributed by atoms with Crippen molar-refractivity contribution in [3.63, 3.8) is 0 Å². The van der Waals surface area contributed by atoms with Crippen molar-refractivity contribution in [2.45, 2.75) is 48.8 Å². The summed E-state index contributed by atoms with van der Waals surface area (Å²) >= 11 is 0. The van der Waals surface area contributed by atoms with Gasteiger partial charge in [-0.1, -0.05) is 6.07 Å². The first-order chi connectivity index (χ1) is 10.8. The highest BCUT2D eigenvalue weighted by molar-refractivity contribution is 5.89. The molecule has 23 heavy (non-hydrogen) atoms. The summed E-state index contributed by atoms with van der Waals surface area (Å²) in [7, 11) is 1.61. The number of quaternary nitrogens is 1. The number of phenols is 1. The predicted molar refractivity (Wildman–Crippen MR) is 79.9 cm³/mol. The first-order valence-electron chi connectivity index (χ1n) is 8.14. The molecular weight excluding hydrogens is 298 g/mol. The van der Waals surface area contributed by atoms with E-state index in [9.17, 15) is 20.2 Å². The van der Waals surface area contributed by atoms with E-state index < -0.39 is 27.8 Å². The molecule has 2 unspecified atom stereocenters. The second-order valence-corrected chi connectivity index (χ2v) is 7.68. The van der Waals surface area contributed by atoms with Crippen molar-refractivity contribution < 1.29 is 24.4 Å². The van der Waals surface area contributed by atoms with E-state index in [4.69, 9.17) is 4.74 Å². The Morgan fingerprint density at radius 3 is 2.96 bits per heavy atom. The van der Waals surface area contributed by atoms with E-state index in [0.29, 0.717) is 31.6 Å². The molecular formula is C17H19NO5. The van der Waals surface area contributed by atoms with Gasteiger partial charge >= 0.3 is 0 Å². The number of benzene rings is 1. The number of aromatic hydroxyl groups is 1. The number of likely N-dealkylation sites (N-methyl/N-ethyl adjacent to an activating group) is 1. The minimum atomic E-state index is -1.26. The number of aliphatic hydroxyl groups is 1. The lowest BCUT2D eigenvalue weighted by Gasteiger charge is -2.65. The largest absolute Gasteiger partial charge is 0.633 e. The van der Waals surface area contributed by atoms with Crippen LogP contribution in [0.15, 0.2) is 12.1 Å². The van der Waals surface area contributed by atoms with Crippen molar-refractivity contribution in [2.24, 2.45) is 0 Å². The van der Waals surface area contributed by atoms with Crippen molar-refractivity contribution >= 4 is 5.78 Å². The highest BCUT2D eigenvalue weighted by atomic mass is 16.6. The van der Waals surface area contributed by atoms with Crippen LogP contribution in [0.2, 0.25) is 0 Å². The van der Waals surface area contributed by atoms with E-state index in [-0.39, 0.29) is 18.0 Å². The van der Waals surface area contributed by atoms with Gasteiger partial charge in [-0.15, -0.1) is 0 Å². The minimum absolute atomic E-state index is 0.00562. The SMILES string of the molecule is C[N+]1([O-])CC[C@]23c4c5ccc(O)c4O[C@H]2C(=O)CCC3(O)[C@H]1C5. The number of rotatable bonds is 0. The fourth-order valence-electron chi connectivity index (χ4n) is 5.71. The van der Waals surface area contributed by atoms with Gasteiger partial charge in [0.05, 0.1) is 19.0 Å². The van der Waals surface area contributed by atoms with E-state index in [1.54, 1.807) is 19.2 Å². The van der Waals surface area contributed by atoms with Crippen molar-refractivity contribution in [3.8, 4) is 11.5 Å². The number of hydrogen-bond acceptors (Lipinski definition) is 5. The molecule has 1 saturated heterocycles. The number of hydrogen-bond donors (Lipinski definition) is 2. The average molecular weight is 317 g/mol. The van der Waals surface area contributed by atoms with Gasteiger partial charge in [0.1, 0.15) is 11.6 Å². The zero-order valence-corrected chi connectivity index (χ0v) is 12.9. The summed E-state index contributed by atoms with van der Waals surface area (Å²) < 4.78 is 5.40. The van der Waals surface area contributed by atoms with E-state index in [2.05, 4.69) is 0 Å². The van der Waals surface area contributed by atoms with Gasteiger partial charge < -0.3 is 24.8 Å². The molecule has 6 heteroatoms. The number of likely N-dealkylation sites (tertiary alicyclic amines) is 1. The highest BCUT2D eigenvalue weighted by Crippen LogP contribution is 2.65. The Labute approximate surface area is 133 Å². The van der Waals surface area contributed by atoms with Crippen molar-refractivity contribution in [1.29, 1.82) is 0 Å². The third-order valence-electron chi connectivity index (χ3n) is 6.74. The Hall–Kier alpha value is -1.63. The Kier molecular flexibility index (Phi) is 2.22. The van der Waals surface area contributed by atoms with Crippen molar-refractivity contribution in [2.75, 3.05) is 13.6 Å². The normalized spacial score (nSPS) is 46.3. The van der Waals surface area contributed by atoms with E-state index >= 15 is 0 Å². The van der Waals surface area contributed by atoms with Gasteiger partial charge in [0.25, 0.3) is 0 Å². The maximum absolute atomic E-state index is 13.0. The number of carbonyl (C=O) groups is 1. The fourth-order valence-corrected chi connectivity index (χ4v) is 5.71. The third-order valence-corrected chi connectivity index (χ3v) is 6.74. The molecule has 122 valence electrons. The van der Waals surface area contributed by atoms with E-state index in [1.807, 2.05) is 0 Å². The number of phenolic OH excluding ortho intramolecular Hbond substituents is 1. The number of piperidine rings is 1. The van der Waals surface area contributed by atoms with Crippen LogP contribution in [0.3, 0.4) is 0 Å². The maximum atomic E-state index is 13.0. The molecule has 2 N–H and O–H groups in total. The summed E-state index contributed by atoms with van der Waals surface area (Å²) in [6.07, 6.45) is 0.571. The molecule has 5 rings (SSSR count). The molecule has 2 aliphatic carbocycles. The molecule has 2 heterocycles. The molecule has 1 aromatic carbocycles. The average Bonchev–Trinajstić information content (AvgIpc) is 2.86. The fraction of sp³-hybridized carbons (Fsp3) is 0.588. The van der Waals surface area contributed by atoms with Crippen LogP contribution in [-0.2, 0) is 16.6 Å². The summed E-state index contributed by atoms with van der Waals surface area (Å²) in [5, 5.41) is 34.8. The van der Waals surface area contributed by atoms with Gasteiger partial charge in [0, 0.05) is 24.8 Å². The number of nitrogens with zero attached hydrogens (tertiary/aromatic N) is 1. The number of hydroxylamine groups is 3. The Morgan fingerprint density at radius 2 is 2.17 bits per heavy atom. The van der Waals surface area contributed by atoms with Crippen molar-refractivity contribution in [3.05, 3.63) is 28.5 Å². The number of ether oxygens (including phenoxy) is 1. The van der Waals surface area contributed by atoms with Gasteiger partial charge in [-0.05, 0) is 18.1 Å². The number of Topliss-reactive ketones (excluding diaryl/α,β-unsaturated/α-hetero) is 1. The number of carbonyl (C=O) groups excluding carboxylic acids is 1. The molecule has 1 aromatic rings. The van der Waals surface area contributed by atoms with Crippen molar-refractivity contribution in [1.82, 2.24) is 0 Å². The minimum Gasteiger partial charge on any atom is -0.633 e. The lowest BCUT2D eigenvalue weighted by Crippen LogP contribution is -2.79. The maximum Gasteiger partial charge on any atom is 0.174 e. The summed E-state index contributed by atoms with van der Waals surface area (Å²) in [6.45, 7) is 0.342. The van der Waals surface area contributed by atoms with E-state index in [1.165, 1.54) is 0 Å².